The topological polar surface area (TPSA) is 81.8 Å². The van der Waals surface area contributed by atoms with E-state index < -0.39 is 23.2 Å². The quantitative estimate of drug-likeness (QED) is 0.270. The molecule has 4 aromatic rings. The van der Waals surface area contributed by atoms with Crippen molar-refractivity contribution in [3.63, 3.8) is 0 Å². The predicted molar refractivity (Wildman–Crippen MR) is 116 cm³/mol. The number of halogens is 2. The standard InChI is InChI=1S/C25H19F2NO5/c1-31-14-32-13-20-17(15-5-3-2-4-6-15)9-10-19(24(20)27)23-12-22(28-33-23)16-7-8-18(25(29)30)21(26)11-16/h2-12H,13-14H2,1H3,(H,29,30). The molecule has 0 spiro atoms. The zero-order chi connectivity index (χ0) is 23.4. The van der Waals surface area contributed by atoms with E-state index in [-0.39, 0.29) is 30.4 Å². The Labute approximate surface area is 188 Å². The molecule has 1 aromatic heterocycles. The van der Waals surface area contributed by atoms with E-state index in [9.17, 15) is 9.18 Å². The Hall–Kier alpha value is -3.88. The van der Waals surface area contributed by atoms with Gasteiger partial charge in [-0.05, 0) is 29.3 Å². The van der Waals surface area contributed by atoms with Crippen molar-refractivity contribution in [3.8, 4) is 33.7 Å². The minimum Gasteiger partial charge on any atom is -0.478 e. The van der Waals surface area contributed by atoms with Crippen LogP contribution in [0.2, 0.25) is 0 Å². The number of methoxy groups -OCH3 is 1. The summed E-state index contributed by atoms with van der Waals surface area (Å²) in [6, 6.07) is 17.7. The van der Waals surface area contributed by atoms with Crippen LogP contribution in [0.5, 0.6) is 0 Å². The molecule has 3 aromatic carbocycles. The van der Waals surface area contributed by atoms with E-state index in [1.165, 1.54) is 19.2 Å². The van der Waals surface area contributed by atoms with Gasteiger partial charge in [0.2, 0.25) is 0 Å². The molecule has 0 saturated heterocycles. The van der Waals surface area contributed by atoms with Gasteiger partial charge in [0, 0.05) is 24.3 Å². The molecule has 4 rings (SSSR count). The number of ether oxygens (including phenoxy) is 2. The van der Waals surface area contributed by atoms with Crippen LogP contribution in [-0.2, 0) is 16.1 Å². The molecule has 6 nitrogen and oxygen atoms in total. The first-order valence-corrected chi connectivity index (χ1v) is 9.93. The average Bonchev–Trinajstić information content (AvgIpc) is 3.30. The van der Waals surface area contributed by atoms with Gasteiger partial charge in [-0.15, -0.1) is 0 Å². The van der Waals surface area contributed by atoms with E-state index in [1.54, 1.807) is 12.1 Å². The molecule has 168 valence electrons. The van der Waals surface area contributed by atoms with Gasteiger partial charge in [0.1, 0.15) is 24.1 Å². The van der Waals surface area contributed by atoms with E-state index in [1.807, 2.05) is 30.3 Å². The second-order valence-electron chi connectivity index (χ2n) is 7.15. The lowest BCUT2D eigenvalue weighted by atomic mass is 9.96. The Bertz CT molecular complexity index is 1290. The zero-order valence-corrected chi connectivity index (χ0v) is 17.5. The highest BCUT2D eigenvalue weighted by Gasteiger charge is 2.20. The van der Waals surface area contributed by atoms with Crippen LogP contribution >= 0.6 is 0 Å². The van der Waals surface area contributed by atoms with Gasteiger partial charge < -0.3 is 19.1 Å². The van der Waals surface area contributed by atoms with Crippen LogP contribution in [0.1, 0.15) is 15.9 Å². The van der Waals surface area contributed by atoms with Gasteiger partial charge in [-0.3, -0.25) is 0 Å². The van der Waals surface area contributed by atoms with E-state index in [0.29, 0.717) is 16.7 Å². The lowest BCUT2D eigenvalue weighted by Gasteiger charge is -2.13. The smallest absolute Gasteiger partial charge is 0.338 e. The molecule has 1 heterocycles. The zero-order valence-electron chi connectivity index (χ0n) is 17.5. The summed E-state index contributed by atoms with van der Waals surface area (Å²) in [7, 11) is 1.48. The fourth-order valence-corrected chi connectivity index (χ4v) is 3.45. The maximum Gasteiger partial charge on any atom is 0.338 e. The number of hydrogen-bond donors (Lipinski definition) is 1. The van der Waals surface area contributed by atoms with Crippen LogP contribution in [-0.4, -0.2) is 30.1 Å². The Kier molecular flexibility index (Phi) is 6.58. The minimum absolute atomic E-state index is 0.00224. The van der Waals surface area contributed by atoms with Gasteiger partial charge in [-0.25, -0.2) is 13.6 Å². The van der Waals surface area contributed by atoms with E-state index in [4.69, 9.17) is 19.1 Å². The number of carboxylic acid groups (broad SMARTS) is 1. The van der Waals surface area contributed by atoms with Crippen LogP contribution in [0.15, 0.2) is 71.3 Å². The highest BCUT2D eigenvalue weighted by Crippen LogP contribution is 2.35. The van der Waals surface area contributed by atoms with Crippen LogP contribution < -0.4 is 0 Å². The van der Waals surface area contributed by atoms with Crippen LogP contribution in [0.3, 0.4) is 0 Å². The molecule has 0 aliphatic carbocycles. The summed E-state index contributed by atoms with van der Waals surface area (Å²) in [5.41, 5.74) is 2.07. The maximum absolute atomic E-state index is 15.6. The Morgan fingerprint density at radius 2 is 1.76 bits per heavy atom. The van der Waals surface area contributed by atoms with Crippen molar-refractivity contribution in [2.75, 3.05) is 13.9 Å². The number of carboxylic acids is 1. The molecule has 0 aliphatic heterocycles. The molecular weight excluding hydrogens is 432 g/mol. The minimum atomic E-state index is -1.37. The van der Waals surface area contributed by atoms with Crippen molar-refractivity contribution in [2.24, 2.45) is 0 Å². The summed E-state index contributed by atoms with van der Waals surface area (Å²) >= 11 is 0. The molecular formula is C25H19F2NO5. The Morgan fingerprint density at radius 3 is 2.45 bits per heavy atom. The van der Waals surface area contributed by atoms with Crippen molar-refractivity contribution in [2.45, 2.75) is 6.61 Å². The average molecular weight is 451 g/mol. The summed E-state index contributed by atoms with van der Waals surface area (Å²) in [4.78, 5) is 11.0. The lowest BCUT2D eigenvalue weighted by Crippen LogP contribution is -2.03. The molecule has 0 atom stereocenters. The molecule has 0 unspecified atom stereocenters. The number of nitrogens with zero attached hydrogens (tertiary/aromatic N) is 1. The summed E-state index contributed by atoms with van der Waals surface area (Å²) in [5.74, 6) is -2.68. The highest BCUT2D eigenvalue weighted by atomic mass is 19.1. The molecule has 0 aliphatic rings. The van der Waals surface area contributed by atoms with Gasteiger partial charge in [0.25, 0.3) is 0 Å². The third-order valence-electron chi connectivity index (χ3n) is 5.05. The number of aromatic carboxylic acids is 1. The third-order valence-corrected chi connectivity index (χ3v) is 5.05. The van der Waals surface area contributed by atoms with Gasteiger partial charge in [-0.2, -0.15) is 0 Å². The number of hydrogen-bond acceptors (Lipinski definition) is 5. The molecule has 0 fully saturated rings. The molecule has 0 amide bonds. The fraction of sp³-hybridized carbons (Fsp3) is 0.120. The largest absolute Gasteiger partial charge is 0.478 e. The Morgan fingerprint density at radius 1 is 1.00 bits per heavy atom. The van der Waals surface area contributed by atoms with Crippen molar-refractivity contribution >= 4 is 5.97 Å². The molecule has 0 radical (unpaired) electrons. The van der Waals surface area contributed by atoms with Crippen molar-refractivity contribution in [1.82, 2.24) is 5.16 Å². The van der Waals surface area contributed by atoms with Crippen molar-refractivity contribution < 1.29 is 32.7 Å². The number of rotatable bonds is 8. The van der Waals surface area contributed by atoms with Gasteiger partial charge in [0.05, 0.1) is 17.7 Å². The summed E-state index contributed by atoms with van der Waals surface area (Å²) in [6.45, 7) is -0.0249. The molecule has 33 heavy (non-hydrogen) atoms. The predicted octanol–water partition coefficient (Wildman–Crippen LogP) is 5.77. The van der Waals surface area contributed by atoms with Crippen molar-refractivity contribution in [3.05, 3.63) is 89.5 Å². The Balaban J connectivity index is 1.72. The number of benzene rings is 3. The number of aromatic nitrogens is 1. The van der Waals surface area contributed by atoms with Gasteiger partial charge >= 0.3 is 5.97 Å². The first-order chi connectivity index (χ1) is 16.0. The van der Waals surface area contributed by atoms with Gasteiger partial charge in [0.15, 0.2) is 5.76 Å². The first kappa shape index (κ1) is 22.3. The van der Waals surface area contributed by atoms with E-state index in [2.05, 4.69) is 5.16 Å². The second-order valence-corrected chi connectivity index (χ2v) is 7.15. The summed E-state index contributed by atoms with van der Waals surface area (Å²) in [6.07, 6.45) is 0. The molecule has 8 heteroatoms. The lowest BCUT2D eigenvalue weighted by molar-refractivity contribution is -0.0396. The maximum atomic E-state index is 15.6. The fourth-order valence-electron chi connectivity index (χ4n) is 3.45. The highest BCUT2D eigenvalue weighted by molar-refractivity contribution is 5.88. The van der Waals surface area contributed by atoms with Crippen LogP contribution in [0.25, 0.3) is 33.7 Å². The monoisotopic (exact) mass is 451 g/mol. The molecule has 0 saturated carbocycles. The van der Waals surface area contributed by atoms with E-state index in [0.717, 1.165) is 17.7 Å². The number of carbonyl (C=O) groups is 1. The van der Waals surface area contributed by atoms with E-state index >= 15 is 4.39 Å². The van der Waals surface area contributed by atoms with Gasteiger partial charge in [-0.1, -0.05) is 47.6 Å². The molecule has 1 N–H and O–H groups in total. The van der Waals surface area contributed by atoms with Crippen molar-refractivity contribution in [1.29, 1.82) is 0 Å². The summed E-state index contributed by atoms with van der Waals surface area (Å²) in [5, 5.41) is 12.9. The van der Waals surface area contributed by atoms with Crippen LogP contribution in [0, 0.1) is 11.6 Å². The molecule has 0 bridgehead atoms. The first-order valence-electron chi connectivity index (χ1n) is 9.93. The van der Waals surface area contributed by atoms with Crippen LogP contribution in [0.4, 0.5) is 8.78 Å². The normalized spacial score (nSPS) is 11.0. The SMILES string of the molecule is COCOCc1c(-c2ccccc2)ccc(-c2cc(-c3ccc(C(=O)O)c(F)c3)no2)c1F. The second kappa shape index (κ2) is 9.72. The third kappa shape index (κ3) is 4.67. The summed E-state index contributed by atoms with van der Waals surface area (Å²) < 4.78 is 45.3.